The highest BCUT2D eigenvalue weighted by Gasteiger charge is 2.42. The number of ether oxygens (including phenoxy) is 1. The van der Waals surface area contributed by atoms with Crippen LogP contribution in [-0.4, -0.2) is 29.9 Å². The number of methoxy groups -OCH3 is 1. The van der Waals surface area contributed by atoms with E-state index in [-0.39, 0.29) is 23.8 Å². The number of hydrogen-bond acceptors (Lipinski definition) is 4. The second kappa shape index (κ2) is 6.48. The van der Waals surface area contributed by atoms with E-state index < -0.39 is 0 Å². The van der Waals surface area contributed by atoms with Crippen LogP contribution in [0.15, 0.2) is 42.5 Å². The van der Waals surface area contributed by atoms with Gasteiger partial charge in [-0.3, -0.25) is 9.59 Å². The number of carbonyl (C=O) groups excluding carboxylic acids is 2. The van der Waals surface area contributed by atoms with Gasteiger partial charge in [-0.15, -0.1) is 0 Å². The van der Waals surface area contributed by atoms with Crippen molar-refractivity contribution in [1.29, 1.82) is 0 Å². The molecule has 1 saturated carbocycles. The smallest absolute Gasteiger partial charge is 0.310 e. The van der Waals surface area contributed by atoms with E-state index in [1.807, 2.05) is 47.4 Å². The summed E-state index contributed by atoms with van der Waals surface area (Å²) < 4.78 is 4.94. The predicted octanol–water partition coefficient (Wildman–Crippen LogP) is 3.23. The lowest BCUT2D eigenvalue weighted by atomic mass is 10.0. The Hall–Kier alpha value is -2.82. The molecule has 5 nitrogen and oxygen atoms in total. The third kappa shape index (κ3) is 2.73. The highest BCUT2D eigenvalue weighted by molar-refractivity contribution is 6.00. The lowest BCUT2D eigenvalue weighted by Gasteiger charge is -2.28. The van der Waals surface area contributed by atoms with Crippen LogP contribution in [0.25, 0.3) is 11.1 Å². The second-order valence-corrected chi connectivity index (χ2v) is 7.05. The summed E-state index contributed by atoms with van der Waals surface area (Å²) in [6, 6.07) is 13.6. The van der Waals surface area contributed by atoms with Crippen LogP contribution >= 0.6 is 0 Å². The Morgan fingerprint density at radius 3 is 2.58 bits per heavy atom. The molecule has 1 heterocycles. The summed E-state index contributed by atoms with van der Waals surface area (Å²) in [5.41, 5.74) is 10.2. The molecule has 5 heteroatoms. The van der Waals surface area contributed by atoms with Crippen LogP contribution < -0.4 is 5.73 Å². The number of nitrogen functional groups attached to an aromatic ring is 1. The quantitative estimate of drug-likeness (QED) is 0.681. The fourth-order valence-corrected chi connectivity index (χ4v) is 4.19. The van der Waals surface area contributed by atoms with Gasteiger partial charge in [-0.2, -0.15) is 0 Å². The number of amides is 1. The molecule has 2 aromatic rings. The fourth-order valence-electron chi connectivity index (χ4n) is 4.19. The molecule has 0 spiro atoms. The zero-order valence-corrected chi connectivity index (χ0v) is 14.8. The van der Waals surface area contributed by atoms with Crippen LogP contribution in [0.3, 0.4) is 0 Å². The molecular formula is C21H22N2O3. The van der Waals surface area contributed by atoms with Gasteiger partial charge in [0.15, 0.2) is 0 Å². The van der Waals surface area contributed by atoms with Gasteiger partial charge in [0, 0.05) is 23.8 Å². The molecule has 1 aliphatic carbocycles. The number of nitrogens with two attached hydrogens (primary N) is 1. The topological polar surface area (TPSA) is 72.6 Å². The van der Waals surface area contributed by atoms with Crippen LogP contribution in [0, 0.1) is 5.92 Å². The van der Waals surface area contributed by atoms with Crippen LogP contribution in [-0.2, 0) is 16.1 Å². The molecule has 134 valence electrons. The van der Waals surface area contributed by atoms with Crippen LogP contribution in [0.1, 0.15) is 35.2 Å². The lowest BCUT2D eigenvalue weighted by molar-refractivity contribution is -0.146. The SMILES string of the molecule is COC(=O)[C@H]1CCC[C@H]1N1Cc2ccc(-c3ccc(N)cc3)cc2C1=O. The van der Waals surface area contributed by atoms with Crippen molar-refractivity contribution < 1.29 is 14.3 Å². The van der Waals surface area contributed by atoms with Gasteiger partial charge in [0.1, 0.15) is 0 Å². The number of carbonyl (C=O) groups is 2. The summed E-state index contributed by atoms with van der Waals surface area (Å²) >= 11 is 0. The van der Waals surface area contributed by atoms with E-state index in [0.29, 0.717) is 12.2 Å². The van der Waals surface area contributed by atoms with E-state index in [4.69, 9.17) is 10.5 Å². The van der Waals surface area contributed by atoms with Crippen molar-refractivity contribution in [3.05, 3.63) is 53.6 Å². The van der Waals surface area contributed by atoms with Gasteiger partial charge in [0.05, 0.1) is 13.0 Å². The number of nitrogens with zero attached hydrogens (tertiary/aromatic N) is 1. The highest BCUT2D eigenvalue weighted by atomic mass is 16.5. The van der Waals surface area contributed by atoms with Crippen LogP contribution in [0.4, 0.5) is 5.69 Å². The summed E-state index contributed by atoms with van der Waals surface area (Å²) in [6.07, 6.45) is 2.58. The van der Waals surface area contributed by atoms with Crippen molar-refractivity contribution in [2.45, 2.75) is 31.8 Å². The molecule has 0 saturated heterocycles. The second-order valence-electron chi connectivity index (χ2n) is 7.05. The first kappa shape index (κ1) is 16.6. The average Bonchev–Trinajstić information content (AvgIpc) is 3.26. The molecule has 1 aliphatic heterocycles. The first-order valence-electron chi connectivity index (χ1n) is 8.96. The molecule has 0 aromatic heterocycles. The third-order valence-corrected chi connectivity index (χ3v) is 5.57. The molecule has 0 bridgehead atoms. The zero-order valence-electron chi connectivity index (χ0n) is 14.8. The van der Waals surface area contributed by atoms with Crippen LogP contribution in [0.5, 0.6) is 0 Å². The molecule has 0 radical (unpaired) electrons. The fraction of sp³-hybridized carbons (Fsp3) is 0.333. The van der Waals surface area contributed by atoms with Gasteiger partial charge < -0.3 is 15.4 Å². The van der Waals surface area contributed by atoms with E-state index in [1.165, 1.54) is 7.11 Å². The Bertz CT molecular complexity index is 860. The molecule has 2 atom stereocenters. The van der Waals surface area contributed by atoms with Gasteiger partial charge in [0.2, 0.25) is 0 Å². The van der Waals surface area contributed by atoms with Crippen molar-refractivity contribution in [2.75, 3.05) is 12.8 Å². The summed E-state index contributed by atoms with van der Waals surface area (Å²) in [7, 11) is 1.41. The first-order valence-corrected chi connectivity index (χ1v) is 8.96. The number of esters is 1. The number of anilines is 1. The number of rotatable bonds is 3. The molecule has 2 N–H and O–H groups in total. The molecular weight excluding hydrogens is 328 g/mol. The largest absolute Gasteiger partial charge is 0.469 e. The first-order chi connectivity index (χ1) is 12.6. The third-order valence-electron chi connectivity index (χ3n) is 5.57. The Morgan fingerprint density at radius 2 is 1.85 bits per heavy atom. The number of benzene rings is 2. The molecule has 2 aromatic carbocycles. The van der Waals surface area contributed by atoms with E-state index in [1.54, 1.807) is 0 Å². The average molecular weight is 350 g/mol. The molecule has 4 rings (SSSR count). The number of hydrogen-bond donors (Lipinski definition) is 1. The van der Waals surface area contributed by atoms with Crippen molar-refractivity contribution >= 4 is 17.6 Å². The van der Waals surface area contributed by atoms with Crippen molar-refractivity contribution in [1.82, 2.24) is 4.90 Å². The van der Waals surface area contributed by atoms with E-state index in [9.17, 15) is 9.59 Å². The van der Waals surface area contributed by atoms with Gasteiger partial charge in [-0.1, -0.05) is 30.7 Å². The zero-order chi connectivity index (χ0) is 18.3. The minimum Gasteiger partial charge on any atom is -0.469 e. The summed E-state index contributed by atoms with van der Waals surface area (Å²) in [5.74, 6) is -0.410. The van der Waals surface area contributed by atoms with E-state index >= 15 is 0 Å². The van der Waals surface area contributed by atoms with Crippen molar-refractivity contribution in [3.63, 3.8) is 0 Å². The normalized spacial score (nSPS) is 21.7. The molecule has 1 fully saturated rings. The molecule has 26 heavy (non-hydrogen) atoms. The minimum atomic E-state index is -0.213. The standard InChI is InChI=1S/C21H22N2O3/c1-26-21(25)17-3-2-4-19(17)23-12-15-6-5-14(11-18(15)20(23)24)13-7-9-16(22)10-8-13/h5-11,17,19H,2-4,12,22H2,1H3/t17-,19+/m0/s1. The predicted molar refractivity (Wildman–Crippen MR) is 99.3 cm³/mol. The Balaban J connectivity index is 1.62. The lowest BCUT2D eigenvalue weighted by Crippen LogP contribution is -2.41. The Kier molecular flexibility index (Phi) is 4.15. The van der Waals surface area contributed by atoms with Crippen molar-refractivity contribution in [2.24, 2.45) is 5.92 Å². The Labute approximate surface area is 152 Å². The maximum absolute atomic E-state index is 13.0. The van der Waals surface area contributed by atoms with Gasteiger partial charge >= 0.3 is 5.97 Å². The van der Waals surface area contributed by atoms with Crippen LogP contribution in [0.2, 0.25) is 0 Å². The highest BCUT2D eigenvalue weighted by Crippen LogP contribution is 2.37. The maximum atomic E-state index is 13.0. The monoisotopic (exact) mass is 350 g/mol. The molecule has 1 amide bonds. The maximum Gasteiger partial charge on any atom is 0.310 e. The number of fused-ring (bicyclic) bond motifs is 1. The van der Waals surface area contributed by atoms with E-state index in [0.717, 1.165) is 41.5 Å². The summed E-state index contributed by atoms with van der Waals surface area (Å²) in [4.78, 5) is 26.9. The molecule has 0 unspecified atom stereocenters. The van der Waals surface area contributed by atoms with Crippen molar-refractivity contribution in [3.8, 4) is 11.1 Å². The molecule has 2 aliphatic rings. The summed E-state index contributed by atoms with van der Waals surface area (Å²) in [5, 5.41) is 0. The van der Waals surface area contributed by atoms with Gasteiger partial charge in [-0.25, -0.2) is 0 Å². The van der Waals surface area contributed by atoms with E-state index in [2.05, 4.69) is 0 Å². The van der Waals surface area contributed by atoms with Gasteiger partial charge in [0.25, 0.3) is 5.91 Å². The minimum absolute atomic E-state index is 0.0121. The summed E-state index contributed by atoms with van der Waals surface area (Å²) in [6.45, 7) is 0.564. The van der Waals surface area contributed by atoms with Gasteiger partial charge in [-0.05, 0) is 47.7 Å². The Morgan fingerprint density at radius 1 is 1.12 bits per heavy atom.